The van der Waals surface area contributed by atoms with E-state index in [9.17, 15) is 14.0 Å². The molecule has 6 nitrogen and oxygen atoms in total. The smallest absolute Gasteiger partial charge is 0.254 e. The van der Waals surface area contributed by atoms with Crippen molar-refractivity contribution in [1.29, 1.82) is 0 Å². The normalized spacial score (nSPS) is 25.5. The Balaban J connectivity index is 1.34. The molecule has 7 heteroatoms. The van der Waals surface area contributed by atoms with Gasteiger partial charge in [0.15, 0.2) is 0 Å². The van der Waals surface area contributed by atoms with E-state index in [1.54, 1.807) is 17.0 Å². The van der Waals surface area contributed by atoms with E-state index in [1.807, 2.05) is 24.3 Å². The summed E-state index contributed by atoms with van der Waals surface area (Å²) in [5.41, 5.74) is 8.96. The van der Waals surface area contributed by atoms with Crippen molar-refractivity contribution in [3.8, 4) is 11.1 Å². The van der Waals surface area contributed by atoms with Crippen molar-refractivity contribution >= 4 is 11.8 Å². The fourth-order valence-corrected chi connectivity index (χ4v) is 5.92. The first-order valence-corrected chi connectivity index (χ1v) is 12.8. The Kier molecular flexibility index (Phi) is 7.16. The Hall–Kier alpha value is -2.77. The van der Waals surface area contributed by atoms with E-state index < -0.39 is 0 Å². The van der Waals surface area contributed by atoms with Crippen LogP contribution in [0.2, 0.25) is 0 Å². The average Bonchev–Trinajstić information content (AvgIpc) is 2.91. The number of hydrazine groups is 1. The molecule has 2 amide bonds. The first-order chi connectivity index (χ1) is 17.0. The van der Waals surface area contributed by atoms with Crippen LogP contribution in [0.25, 0.3) is 11.1 Å². The Morgan fingerprint density at radius 2 is 1.94 bits per heavy atom. The van der Waals surface area contributed by atoms with Crippen molar-refractivity contribution in [2.24, 2.45) is 11.8 Å². The molecule has 2 aromatic rings. The number of hydrogen-bond donors (Lipinski definition) is 2. The number of carbonyl (C=O) groups excluding carboxylic acids is 2. The number of halogens is 1. The van der Waals surface area contributed by atoms with Crippen LogP contribution in [0.4, 0.5) is 4.39 Å². The molecule has 4 unspecified atom stereocenters. The van der Waals surface area contributed by atoms with Crippen molar-refractivity contribution in [1.82, 2.24) is 15.8 Å². The summed E-state index contributed by atoms with van der Waals surface area (Å²) in [6, 6.07) is 12.7. The zero-order valence-electron chi connectivity index (χ0n) is 20.3. The Bertz CT molecular complexity index is 1080. The SMILES string of the molecule is CC(CC1NNC(=O)C2CCCCC12)c1ccc(F)c(-c2cccc(C(=O)N3CCOCC3)c2)c1. The number of morpholine rings is 1. The maximum Gasteiger partial charge on any atom is 0.254 e. The number of ether oxygens (including phenoxy) is 1. The van der Waals surface area contributed by atoms with Crippen LogP contribution >= 0.6 is 0 Å². The van der Waals surface area contributed by atoms with Gasteiger partial charge in [-0.25, -0.2) is 9.82 Å². The number of benzene rings is 2. The van der Waals surface area contributed by atoms with Gasteiger partial charge in [-0.05, 0) is 66.5 Å². The zero-order valence-corrected chi connectivity index (χ0v) is 20.3. The molecular weight excluding hydrogens is 445 g/mol. The van der Waals surface area contributed by atoms with E-state index in [4.69, 9.17) is 4.74 Å². The third kappa shape index (κ3) is 5.11. The van der Waals surface area contributed by atoms with Crippen LogP contribution in [0.1, 0.15) is 60.9 Å². The first kappa shape index (κ1) is 23.9. The van der Waals surface area contributed by atoms with Crippen LogP contribution in [0, 0.1) is 17.7 Å². The summed E-state index contributed by atoms with van der Waals surface area (Å²) in [7, 11) is 0. The minimum atomic E-state index is -0.299. The highest BCUT2D eigenvalue weighted by molar-refractivity contribution is 5.95. The molecule has 2 saturated heterocycles. The van der Waals surface area contributed by atoms with E-state index in [0.717, 1.165) is 31.2 Å². The molecule has 2 aliphatic heterocycles. The lowest BCUT2D eigenvalue weighted by Crippen LogP contribution is -2.59. The molecule has 1 aliphatic carbocycles. The van der Waals surface area contributed by atoms with Gasteiger partial charge in [0, 0.05) is 36.2 Å². The maximum absolute atomic E-state index is 15.0. The number of nitrogens with one attached hydrogen (secondary N) is 2. The van der Waals surface area contributed by atoms with Gasteiger partial charge in [0.2, 0.25) is 5.91 Å². The third-order valence-corrected chi connectivity index (χ3v) is 7.94. The van der Waals surface area contributed by atoms with Crippen molar-refractivity contribution in [3.05, 3.63) is 59.4 Å². The van der Waals surface area contributed by atoms with E-state index in [1.165, 1.54) is 12.5 Å². The molecule has 3 fully saturated rings. The molecule has 0 bridgehead atoms. The van der Waals surface area contributed by atoms with Crippen molar-refractivity contribution in [2.45, 2.75) is 51.0 Å². The van der Waals surface area contributed by atoms with Gasteiger partial charge < -0.3 is 9.64 Å². The number of fused-ring (bicyclic) bond motifs is 1. The van der Waals surface area contributed by atoms with Crippen LogP contribution < -0.4 is 10.9 Å². The van der Waals surface area contributed by atoms with Gasteiger partial charge in [0.05, 0.1) is 13.2 Å². The average molecular weight is 480 g/mol. The van der Waals surface area contributed by atoms with Crippen LogP contribution in [-0.2, 0) is 9.53 Å². The quantitative estimate of drug-likeness (QED) is 0.672. The zero-order chi connectivity index (χ0) is 24.4. The number of nitrogens with zero attached hydrogens (tertiary/aromatic N) is 1. The summed E-state index contributed by atoms with van der Waals surface area (Å²) in [4.78, 5) is 27.0. The molecule has 0 aromatic heterocycles. The molecule has 186 valence electrons. The summed E-state index contributed by atoms with van der Waals surface area (Å²) < 4.78 is 20.3. The highest BCUT2D eigenvalue weighted by Gasteiger charge is 2.40. The fraction of sp³-hybridized carbons (Fsp3) is 0.500. The lowest BCUT2D eigenvalue weighted by molar-refractivity contribution is -0.133. The molecule has 35 heavy (non-hydrogen) atoms. The number of hydrogen-bond acceptors (Lipinski definition) is 4. The highest BCUT2D eigenvalue weighted by Crippen LogP contribution is 2.38. The number of carbonyl (C=O) groups is 2. The van der Waals surface area contributed by atoms with Gasteiger partial charge in [-0.2, -0.15) is 0 Å². The Morgan fingerprint density at radius 3 is 2.77 bits per heavy atom. The first-order valence-electron chi connectivity index (χ1n) is 12.8. The second-order valence-corrected chi connectivity index (χ2v) is 10.2. The minimum absolute atomic E-state index is 0.0486. The van der Waals surface area contributed by atoms with Crippen LogP contribution in [0.3, 0.4) is 0 Å². The molecule has 2 heterocycles. The van der Waals surface area contributed by atoms with E-state index in [-0.39, 0.29) is 35.5 Å². The summed E-state index contributed by atoms with van der Waals surface area (Å²) in [6.45, 7) is 4.39. The predicted octanol–water partition coefficient (Wildman–Crippen LogP) is 4.27. The van der Waals surface area contributed by atoms with Gasteiger partial charge in [0.25, 0.3) is 5.91 Å². The molecular formula is C28H34FN3O3. The molecule has 0 spiro atoms. The largest absolute Gasteiger partial charge is 0.378 e. The third-order valence-electron chi connectivity index (χ3n) is 7.94. The second-order valence-electron chi connectivity index (χ2n) is 10.2. The summed E-state index contributed by atoms with van der Waals surface area (Å²) in [6.07, 6.45) is 5.18. The minimum Gasteiger partial charge on any atom is -0.378 e. The molecule has 1 saturated carbocycles. The van der Waals surface area contributed by atoms with Gasteiger partial charge >= 0.3 is 0 Å². The molecule has 4 atom stereocenters. The van der Waals surface area contributed by atoms with Gasteiger partial charge in [-0.1, -0.05) is 38.0 Å². The standard InChI is InChI=1S/C28H34FN3O3/c1-18(15-26-22-7-2-3-8-23(22)27(33)31-30-26)19-9-10-25(29)24(17-19)20-5-4-6-21(16-20)28(34)32-11-13-35-14-12-32/h4-6,9-10,16-18,22-23,26,30H,2-3,7-8,11-15H2,1H3,(H,31,33). The fourth-order valence-electron chi connectivity index (χ4n) is 5.92. The summed E-state index contributed by atoms with van der Waals surface area (Å²) in [5, 5.41) is 0. The number of rotatable bonds is 5. The monoisotopic (exact) mass is 479 g/mol. The molecule has 5 rings (SSSR count). The molecule has 2 N–H and O–H groups in total. The van der Waals surface area contributed by atoms with Crippen LogP contribution in [0.15, 0.2) is 42.5 Å². The van der Waals surface area contributed by atoms with E-state index in [0.29, 0.717) is 48.9 Å². The summed E-state index contributed by atoms with van der Waals surface area (Å²) >= 11 is 0. The molecule has 3 aliphatic rings. The van der Waals surface area contributed by atoms with Gasteiger partial charge in [0.1, 0.15) is 5.82 Å². The topological polar surface area (TPSA) is 70.7 Å². The lowest BCUT2D eigenvalue weighted by Gasteiger charge is -2.42. The van der Waals surface area contributed by atoms with Gasteiger partial charge in [-0.15, -0.1) is 0 Å². The molecule has 2 aromatic carbocycles. The van der Waals surface area contributed by atoms with E-state index in [2.05, 4.69) is 17.8 Å². The number of amides is 2. The Morgan fingerprint density at radius 1 is 1.14 bits per heavy atom. The van der Waals surface area contributed by atoms with Crippen molar-refractivity contribution < 1.29 is 18.7 Å². The Labute approximate surface area is 206 Å². The maximum atomic E-state index is 15.0. The van der Waals surface area contributed by atoms with Crippen molar-refractivity contribution in [2.75, 3.05) is 26.3 Å². The van der Waals surface area contributed by atoms with Gasteiger partial charge in [-0.3, -0.25) is 15.0 Å². The van der Waals surface area contributed by atoms with Crippen LogP contribution in [0.5, 0.6) is 0 Å². The van der Waals surface area contributed by atoms with E-state index >= 15 is 0 Å². The highest BCUT2D eigenvalue weighted by atomic mass is 19.1. The van der Waals surface area contributed by atoms with Crippen molar-refractivity contribution in [3.63, 3.8) is 0 Å². The predicted molar refractivity (Wildman–Crippen MR) is 132 cm³/mol. The lowest BCUT2D eigenvalue weighted by atomic mass is 9.71. The van der Waals surface area contributed by atoms with Crippen LogP contribution in [-0.4, -0.2) is 49.1 Å². The second kappa shape index (κ2) is 10.5. The summed E-state index contributed by atoms with van der Waals surface area (Å²) in [5.74, 6) is 0.400. The molecule has 0 radical (unpaired) electrons.